The van der Waals surface area contributed by atoms with E-state index in [4.69, 9.17) is 0 Å². The van der Waals surface area contributed by atoms with Gasteiger partial charge in [0.05, 0.1) is 11.7 Å². The maximum atomic E-state index is 11.1. The third-order valence-electron chi connectivity index (χ3n) is 4.06. The standard InChI is InChI=1S/C11H17NO.C7H5NO3S/c1-9(12(2)3)11(13)10-7-5-4-6-8-10;9-7-5-3-1-2-4-6(5)12(10,11)8-7/h4-9,11,13H,1-3H3;1-4H,(H,8,9). The van der Waals surface area contributed by atoms with Crippen molar-refractivity contribution >= 4 is 15.9 Å². The van der Waals surface area contributed by atoms with E-state index in [1.807, 2.05) is 61.0 Å². The lowest BCUT2D eigenvalue weighted by atomic mass is 10.0. The lowest BCUT2D eigenvalue weighted by molar-refractivity contribution is 0.0858. The first-order valence-electron chi connectivity index (χ1n) is 7.79. The van der Waals surface area contributed by atoms with Crippen LogP contribution in [-0.4, -0.2) is 44.5 Å². The Labute approximate surface area is 148 Å². The molecule has 6 nitrogen and oxygen atoms in total. The van der Waals surface area contributed by atoms with Crippen molar-refractivity contribution in [1.29, 1.82) is 0 Å². The van der Waals surface area contributed by atoms with Crippen molar-refractivity contribution in [1.82, 2.24) is 9.62 Å². The zero-order valence-electron chi connectivity index (χ0n) is 14.4. The van der Waals surface area contributed by atoms with E-state index in [1.54, 1.807) is 12.1 Å². The van der Waals surface area contributed by atoms with Gasteiger partial charge in [-0.15, -0.1) is 0 Å². The first-order valence-corrected chi connectivity index (χ1v) is 9.28. The summed E-state index contributed by atoms with van der Waals surface area (Å²) in [5.74, 6) is -0.550. The highest BCUT2D eigenvalue weighted by Gasteiger charge is 2.31. The number of aliphatic hydroxyl groups is 1. The molecule has 134 valence electrons. The Morgan fingerprint density at radius 2 is 1.56 bits per heavy atom. The van der Waals surface area contributed by atoms with Crippen LogP contribution < -0.4 is 4.72 Å². The highest BCUT2D eigenvalue weighted by molar-refractivity contribution is 7.90. The van der Waals surface area contributed by atoms with E-state index >= 15 is 0 Å². The minimum absolute atomic E-state index is 0.0648. The number of likely N-dealkylation sites (N-methyl/N-ethyl adjacent to an activating group) is 1. The number of hydrogen-bond donors (Lipinski definition) is 2. The van der Waals surface area contributed by atoms with Crippen molar-refractivity contribution in [3.05, 3.63) is 65.7 Å². The first-order chi connectivity index (χ1) is 11.7. The number of benzene rings is 2. The maximum absolute atomic E-state index is 11.1. The highest BCUT2D eigenvalue weighted by Crippen LogP contribution is 2.21. The van der Waals surface area contributed by atoms with E-state index < -0.39 is 22.0 Å². The fourth-order valence-electron chi connectivity index (χ4n) is 2.33. The molecule has 1 amide bonds. The van der Waals surface area contributed by atoms with Crippen LogP contribution in [0.1, 0.15) is 28.9 Å². The summed E-state index contributed by atoms with van der Waals surface area (Å²) in [6.07, 6.45) is -0.406. The quantitative estimate of drug-likeness (QED) is 0.869. The van der Waals surface area contributed by atoms with E-state index in [9.17, 15) is 18.3 Å². The Morgan fingerprint density at radius 1 is 1.00 bits per heavy atom. The number of fused-ring (bicyclic) bond motifs is 1. The van der Waals surface area contributed by atoms with E-state index in [0.717, 1.165) is 5.56 Å². The van der Waals surface area contributed by atoms with Crippen molar-refractivity contribution in [2.24, 2.45) is 0 Å². The molecule has 0 saturated heterocycles. The normalized spacial score (nSPS) is 17.1. The number of amides is 1. The molecule has 0 spiro atoms. The van der Waals surface area contributed by atoms with Crippen LogP contribution in [0.5, 0.6) is 0 Å². The van der Waals surface area contributed by atoms with Gasteiger partial charge in [0, 0.05) is 6.04 Å². The molecular formula is C18H22N2O4S. The lowest BCUT2D eigenvalue weighted by Gasteiger charge is -2.25. The van der Waals surface area contributed by atoms with Gasteiger partial charge in [0.1, 0.15) is 4.90 Å². The number of hydrogen-bond acceptors (Lipinski definition) is 5. The van der Waals surface area contributed by atoms with Gasteiger partial charge in [0.25, 0.3) is 15.9 Å². The van der Waals surface area contributed by atoms with Gasteiger partial charge in [-0.2, -0.15) is 0 Å². The molecule has 0 bridgehead atoms. The molecule has 2 atom stereocenters. The van der Waals surface area contributed by atoms with Gasteiger partial charge >= 0.3 is 0 Å². The van der Waals surface area contributed by atoms with Crippen LogP contribution in [0.15, 0.2) is 59.5 Å². The predicted molar refractivity (Wildman–Crippen MR) is 95.6 cm³/mol. The van der Waals surface area contributed by atoms with Crippen molar-refractivity contribution in [2.75, 3.05) is 14.1 Å². The van der Waals surface area contributed by atoms with Gasteiger partial charge < -0.3 is 10.0 Å². The zero-order valence-corrected chi connectivity index (χ0v) is 15.2. The number of carbonyl (C=O) groups is 1. The summed E-state index contributed by atoms with van der Waals surface area (Å²) in [7, 11) is 0.384. The number of sulfonamides is 1. The zero-order chi connectivity index (χ0) is 18.6. The average Bonchev–Trinajstić information content (AvgIpc) is 2.84. The highest BCUT2D eigenvalue weighted by atomic mass is 32.2. The fourth-order valence-corrected chi connectivity index (χ4v) is 3.50. The number of nitrogens with zero attached hydrogens (tertiary/aromatic N) is 1. The number of aliphatic hydroxyl groups excluding tert-OH is 1. The molecule has 2 N–H and O–H groups in total. The average molecular weight is 362 g/mol. The third kappa shape index (κ3) is 4.45. The van der Waals surface area contributed by atoms with Crippen molar-refractivity contribution < 1.29 is 18.3 Å². The lowest BCUT2D eigenvalue weighted by Crippen LogP contribution is -2.30. The second-order valence-electron chi connectivity index (χ2n) is 5.99. The van der Waals surface area contributed by atoms with Gasteiger partial charge in [-0.05, 0) is 38.7 Å². The Hall–Kier alpha value is -2.22. The molecule has 0 aromatic heterocycles. The van der Waals surface area contributed by atoms with E-state index in [2.05, 4.69) is 0 Å². The van der Waals surface area contributed by atoms with Crippen LogP contribution >= 0.6 is 0 Å². The summed E-state index contributed by atoms with van der Waals surface area (Å²) in [6.45, 7) is 2.01. The predicted octanol–water partition coefficient (Wildman–Crippen LogP) is 1.79. The van der Waals surface area contributed by atoms with Crippen LogP contribution in [0, 0.1) is 0 Å². The van der Waals surface area contributed by atoms with E-state index in [-0.39, 0.29) is 16.5 Å². The molecule has 1 aliphatic heterocycles. The Kier molecular flexibility index (Phi) is 5.94. The van der Waals surface area contributed by atoms with Gasteiger partial charge in [-0.1, -0.05) is 42.5 Å². The summed E-state index contributed by atoms with van der Waals surface area (Å²) in [4.78, 5) is 13.1. The van der Waals surface area contributed by atoms with Crippen LogP contribution in [0.4, 0.5) is 0 Å². The monoisotopic (exact) mass is 362 g/mol. The molecule has 25 heavy (non-hydrogen) atoms. The molecule has 0 fully saturated rings. The summed E-state index contributed by atoms with van der Waals surface area (Å²) < 4.78 is 24.2. The first kappa shape index (κ1) is 19.1. The molecule has 0 aliphatic carbocycles. The Morgan fingerprint density at radius 3 is 2.12 bits per heavy atom. The Balaban J connectivity index is 0.000000181. The maximum Gasteiger partial charge on any atom is 0.266 e. The molecule has 2 aromatic rings. The molecular weight excluding hydrogens is 340 g/mol. The topological polar surface area (TPSA) is 86.7 Å². The summed E-state index contributed by atoms with van der Waals surface area (Å²) in [5.41, 5.74) is 1.20. The van der Waals surface area contributed by atoms with Crippen LogP contribution in [-0.2, 0) is 10.0 Å². The summed E-state index contributed by atoms with van der Waals surface area (Å²) in [6, 6.07) is 16.0. The van der Waals surface area contributed by atoms with Gasteiger partial charge in [0.15, 0.2) is 0 Å². The molecule has 1 aliphatic rings. The van der Waals surface area contributed by atoms with Crippen molar-refractivity contribution in [3.8, 4) is 0 Å². The number of rotatable bonds is 3. The van der Waals surface area contributed by atoms with Crippen LogP contribution in [0.25, 0.3) is 0 Å². The minimum atomic E-state index is -3.55. The molecule has 3 rings (SSSR count). The van der Waals surface area contributed by atoms with Crippen LogP contribution in [0.2, 0.25) is 0 Å². The second kappa shape index (κ2) is 7.77. The molecule has 0 saturated carbocycles. The SMILES string of the molecule is CC(C(O)c1ccccc1)N(C)C.O=C1NS(=O)(=O)c2ccccc21. The van der Waals surface area contributed by atoms with Crippen molar-refractivity contribution in [3.63, 3.8) is 0 Å². The molecule has 7 heteroatoms. The van der Waals surface area contributed by atoms with E-state index in [1.165, 1.54) is 12.1 Å². The molecule has 2 aromatic carbocycles. The minimum Gasteiger partial charge on any atom is -0.387 e. The fraction of sp³-hybridized carbons (Fsp3) is 0.278. The summed E-state index contributed by atoms with van der Waals surface area (Å²) >= 11 is 0. The Bertz CT molecular complexity index is 835. The molecule has 0 radical (unpaired) electrons. The smallest absolute Gasteiger partial charge is 0.266 e. The van der Waals surface area contributed by atoms with Gasteiger partial charge in [-0.3, -0.25) is 4.79 Å². The molecule has 2 unspecified atom stereocenters. The van der Waals surface area contributed by atoms with Gasteiger partial charge in [-0.25, -0.2) is 13.1 Å². The largest absolute Gasteiger partial charge is 0.387 e. The third-order valence-corrected chi connectivity index (χ3v) is 5.45. The number of carbonyl (C=O) groups excluding carboxylic acids is 1. The van der Waals surface area contributed by atoms with E-state index in [0.29, 0.717) is 0 Å². The second-order valence-corrected chi connectivity index (χ2v) is 7.64. The molecule has 1 heterocycles. The summed E-state index contributed by atoms with van der Waals surface area (Å²) in [5, 5.41) is 9.92. The van der Waals surface area contributed by atoms with Crippen molar-refractivity contribution in [2.45, 2.75) is 24.0 Å². The van der Waals surface area contributed by atoms with Crippen LogP contribution in [0.3, 0.4) is 0 Å². The van der Waals surface area contributed by atoms with Gasteiger partial charge in [0.2, 0.25) is 0 Å². The number of nitrogens with one attached hydrogen (secondary N) is 1.